The number of hydrogen-bond acceptors (Lipinski definition) is 4. The van der Waals surface area contributed by atoms with Crippen molar-refractivity contribution in [3.05, 3.63) is 29.8 Å². The Morgan fingerprint density at radius 3 is 2.15 bits per heavy atom. The van der Waals surface area contributed by atoms with E-state index in [4.69, 9.17) is 0 Å². The third-order valence-electron chi connectivity index (χ3n) is 3.45. The molecule has 20 heavy (non-hydrogen) atoms. The molecule has 1 aliphatic heterocycles. The van der Waals surface area contributed by atoms with Crippen LogP contribution in [-0.2, 0) is 20.2 Å². The van der Waals surface area contributed by atoms with Crippen molar-refractivity contribution in [1.29, 1.82) is 0 Å². The number of sulfone groups is 1. The second-order valence-electron chi connectivity index (χ2n) is 4.90. The fraction of sp³-hybridized carbons (Fsp3) is 0.385. The zero-order chi connectivity index (χ0) is 15.1. The van der Waals surface area contributed by atoms with E-state index < -0.39 is 21.4 Å². The maximum Gasteiger partial charge on any atom is 0.325 e. The van der Waals surface area contributed by atoms with Gasteiger partial charge in [-0.1, -0.05) is 12.1 Å². The zero-order valence-electron chi connectivity index (χ0n) is 11.5. The molecule has 1 aromatic rings. The van der Waals surface area contributed by atoms with Crippen molar-refractivity contribution >= 4 is 21.8 Å². The van der Waals surface area contributed by atoms with E-state index in [2.05, 4.69) is 5.32 Å². The average molecular weight is 296 g/mol. The molecule has 1 fully saturated rings. The summed E-state index contributed by atoms with van der Waals surface area (Å²) in [5, 5.41) is 2.64. The van der Waals surface area contributed by atoms with E-state index in [9.17, 15) is 18.0 Å². The molecule has 1 heterocycles. The topological polar surface area (TPSA) is 83.6 Å². The van der Waals surface area contributed by atoms with Crippen LogP contribution >= 0.6 is 0 Å². The van der Waals surface area contributed by atoms with Crippen LogP contribution < -0.4 is 5.32 Å². The summed E-state index contributed by atoms with van der Waals surface area (Å²) in [5.74, 6) is -0.336. The quantitative estimate of drug-likeness (QED) is 0.839. The maximum absolute atomic E-state index is 12.3. The molecule has 1 saturated heterocycles. The van der Waals surface area contributed by atoms with E-state index in [1.54, 1.807) is 26.0 Å². The number of amides is 3. The molecule has 7 heteroatoms. The van der Waals surface area contributed by atoms with Gasteiger partial charge in [0, 0.05) is 12.8 Å². The van der Waals surface area contributed by atoms with Crippen LogP contribution in [0.15, 0.2) is 29.2 Å². The molecule has 0 spiro atoms. The third-order valence-corrected chi connectivity index (χ3v) is 4.58. The third kappa shape index (κ3) is 2.18. The van der Waals surface area contributed by atoms with Crippen molar-refractivity contribution in [2.24, 2.45) is 0 Å². The fourth-order valence-electron chi connectivity index (χ4n) is 2.22. The Hall–Kier alpha value is -1.89. The summed E-state index contributed by atoms with van der Waals surface area (Å²) in [7, 11) is -3.29. The number of likely N-dealkylation sites (N-methyl/N-ethyl adjacent to an activating group) is 1. The zero-order valence-corrected chi connectivity index (χ0v) is 12.3. The van der Waals surface area contributed by atoms with Crippen molar-refractivity contribution in [2.75, 3.05) is 12.8 Å². The summed E-state index contributed by atoms with van der Waals surface area (Å²) in [6.07, 6.45) is 1.12. The molecule has 1 atom stereocenters. The van der Waals surface area contributed by atoms with Gasteiger partial charge in [-0.25, -0.2) is 13.2 Å². The molecule has 0 aliphatic carbocycles. The fourth-order valence-corrected chi connectivity index (χ4v) is 2.85. The number of nitrogens with zero attached hydrogens (tertiary/aromatic N) is 1. The van der Waals surface area contributed by atoms with Crippen LogP contribution in [0.25, 0.3) is 0 Å². The van der Waals surface area contributed by atoms with Gasteiger partial charge in [0.05, 0.1) is 4.90 Å². The Bertz CT molecular complexity index is 666. The van der Waals surface area contributed by atoms with Gasteiger partial charge in [-0.15, -0.1) is 0 Å². The number of hydrogen-bond donors (Lipinski definition) is 1. The van der Waals surface area contributed by atoms with E-state index >= 15 is 0 Å². The van der Waals surface area contributed by atoms with Gasteiger partial charge in [0.2, 0.25) is 0 Å². The summed E-state index contributed by atoms with van der Waals surface area (Å²) in [4.78, 5) is 25.3. The molecule has 0 bridgehead atoms. The van der Waals surface area contributed by atoms with E-state index in [-0.39, 0.29) is 10.8 Å². The number of carbonyl (C=O) groups is 2. The lowest BCUT2D eigenvalue weighted by Crippen LogP contribution is -2.40. The predicted octanol–water partition coefficient (Wildman–Crippen LogP) is 0.877. The van der Waals surface area contributed by atoms with Crippen LogP contribution in [0.2, 0.25) is 0 Å². The van der Waals surface area contributed by atoms with Crippen LogP contribution in [0.1, 0.15) is 19.4 Å². The number of rotatable bonds is 3. The minimum Gasteiger partial charge on any atom is -0.319 e. The number of benzene rings is 1. The molecular formula is C13H16N2O4S. The largest absolute Gasteiger partial charge is 0.325 e. The van der Waals surface area contributed by atoms with Crippen molar-refractivity contribution in [3.63, 3.8) is 0 Å². The highest BCUT2D eigenvalue weighted by atomic mass is 32.2. The average Bonchev–Trinajstić information content (AvgIpc) is 2.60. The lowest BCUT2D eigenvalue weighted by atomic mass is 9.92. The van der Waals surface area contributed by atoms with Gasteiger partial charge in [0.25, 0.3) is 5.91 Å². The molecule has 108 valence electrons. The van der Waals surface area contributed by atoms with Crippen LogP contribution in [0.3, 0.4) is 0 Å². The van der Waals surface area contributed by atoms with Crippen molar-refractivity contribution < 1.29 is 18.0 Å². The smallest absolute Gasteiger partial charge is 0.319 e. The molecule has 6 nitrogen and oxygen atoms in total. The summed E-state index contributed by atoms with van der Waals surface area (Å²) >= 11 is 0. The molecule has 1 N–H and O–H groups in total. The molecule has 0 saturated carbocycles. The second kappa shape index (κ2) is 4.59. The second-order valence-corrected chi connectivity index (χ2v) is 6.92. The van der Waals surface area contributed by atoms with E-state index in [1.165, 1.54) is 12.1 Å². The summed E-state index contributed by atoms with van der Waals surface area (Å²) < 4.78 is 22.8. The number of nitrogens with one attached hydrogen (secondary N) is 1. The summed E-state index contributed by atoms with van der Waals surface area (Å²) in [5.41, 5.74) is -0.595. The summed E-state index contributed by atoms with van der Waals surface area (Å²) in [6.45, 7) is 3.62. The van der Waals surface area contributed by atoms with Gasteiger partial charge in [-0.3, -0.25) is 9.69 Å². The van der Waals surface area contributed by atoms with Gasteiger partial charge in [0.15, 0.2) is 9.84 Å². The molecule has 1 unspecified atom stereocenters. The van der Waals surface area contributed by atoms with Gasteiger partial charge in [0.1, 0.15) is 5.54 Å². The standard InChI is InChI=1S/C13H16N2O4S/c1-4-15-11(16)13(2,14-12(15)17)9-5-7-10(8-6-9)20(3,18)19/h5-8H,4H2,1-3H3,(H,14,17). The molecule has 3 amide bonds. The highest BCUT2D eigenvalue weighted by molar-refractivity contribution is 7.90. The van der Waals surface area contributed by atoms with E-state index in [1.807, 2.05) is 0 Å². The van der Waals surface area contributed by atoms with Crippen LogP contribution in [0.4, 0.5) is 4.79 Å². The van der Waals surface area contributed by atoms with Gasteiger partial charge < -0.3 is 5.32 Å². The molecule has 2 rings (SSSR count). The monoisotopic (exact) mass is 296 g/mol. The number of imide groups is 1. The predicted molar refractivity (Wildman–Crippen MR) is 72.8 cm³/mol. The Kier molecular flexibility index (Phi) is 3.33. The lowest BCUT2D eigenvalue weighted by Gasteiger charge is -2.22. The highest BCUT2D eigenvalue weighted by Crippen LogP contribution is 2.29. The normalized spacial score (nSPS) is 23.1. The Morgan fingerprint density at radius 2 is 1.75 bits per heavy atom. The first kappa shape index (κ1) is 14.5. The molecule has 0 radical (unpaired) electrons. The molecule has 1 aromatic carbocycles. The van der Waals surface area contributed by atoms with Gasteiger partial charge >= 0.3 is 6.03 Å². The van der Waals surface area contributed by atoms with E-state index in [0.29, 0.717) is 12.1 Å². The SMILES string of the molecule is CCN1C(=O)NC(C)(c2ccc(S(C)(=O)=O)cc2)C1=O. The van der Waals surface area contributed by atoms with Crippen LogP contribution in [0.5, 0.6) is 0 Å². The first-order chi connectivity index (χ1) is 9.20. The molecule has 0 aromatic heterocycles. The van der Waals surface area contributed by atoms with Crippen molar-refractivity contribution in [3.8, 4) is 0 Å². The van der Waals surface area contributed by atoms with E-state index in [0.717, 1.165) is 11.2 Å². The summed E-state index contributed by atoms with van der Waals surface area (Å²) in [6, 6.07) is 5.53. The first-order valence-corrected chi connectivity index (χ1v) is 8.04. The van der Waals surface area contributed by atoms with Crippen LogP contribution in [-0.4, -0.2) is 38.1 Å². The Balaban J connectivity index is 2.42. The maximum atomic E-state index is 12.3. The molecular weight excluding hydrogens is 280 g/mol. The van der Waals surface area contributed by atoms with Gasteiger partial charge in [-0.2, -0.15) is 0 Å². The number of urea groups is 1. The van der Waals surface area contributed by atoms with Crippen LogP contribution in [0, 0.1) is 0 Å². The lowest BCUT2D eigenvalue weighted by molar-refractivity contribution is -0.130. The minimum atomic E-state index is -3.29. The van der Waals surface area contributed by atoms with Crippen molar-refractivity contribution in [1.82, 2.24) is 10.2 Å². The van der Waals surface area contributed by atoms with Crippen molar-refractivity contribution in [2.45, 2.75) is 24.3 Å². The first-order valence-electron chi connectivity index (χ1n) is 6.15. The minimum absolute atomic E-state index is 0.175. The highest BCUT2D eigenvalue weighted by Gasteiger charge is 2.48. The molecule has 1 aliphatic rings. The Morgan fingerprint density at radius 1 is 1.20 bits per heavy atom. The number of carbonyl (C=O) groups excluding carboxylic acids is 2. The Labute approximate surface area is 117 Å². The van der Waals surface area contributed by atoms with Gasteiger partial charge in [-0.05, 0) is 31.5 Å².